The highest BCUT2D eigenvalue weighted by molar-refractivity contribution is 7.89. The summed E-state index contributed by atoms with van der Waals surface area (Å²) < 4.78 is 38.6. The zero-order valence-electron chi connectivity index (χ0n) is 20.2. The lowest BCUT2D eigenvalue weighted by Gasteiger charge is -2.39. The second kappa shape index (κ2) is 11.1. The topological polar surface area (TPSA) is 79.4 Å². The molecule has 2 aliphatic heterocycles. The summed E-state index contributed by atoms with van der Waals surface area (Å²) in [5.74, 6) is 1.24. The maximum Gasteiger partial charge on any atom is 0.243 e. The molecule has 0 saturated carbocycles. The van der Waals surface area contributed by atoms with Crippen LogP contribution < -0.4 is 14.4 Å². The van der Waals surface area contributed by atoms with Gasteiger partial charge in [0.2, 0.25) is 15.9 Å². The van der Waals surface area contributed by atoms with Gasteiger partial charge in [0.1, 0.15) is 11.5 Å². The lowest BCUT2D eigenvalue weighted by Crippen LogP contribution is -2.52. The average molecular weight is 522 g/mol. The van der Waals surface area contributed by atoms with Crippen LogP contribution in [0.4, 0.5) is 5.69 Å². The number of rotatable bonds is 7. The van der Waals surface area contributed by atoms with Crippen molar-refractivity contribution in [3.8, 4) is 11.5 Å². The number of sulfonamides is 1. The Balaban J connectivity index is 1.32. The van der Waals surface area contributed by atoms with Crippen molar-refractivity contribution in [1.29, 1.82) is 0 Å². The fraction of sp³-hybridized carbons (Fsp3) is 0.480. The molecule has 0 bridgehead atoms. The average Bonchev–Trinajstić information content (AvgIpc) is 2.89. The highest BCUT2D eigenvalue weighted by atomic mass is 35.5. The van der Waals surface area contributed by atoms with Gasteiger partial charge in [-0.25, -0.2) is 8.42 Å². The van der Waals surface area contributed by atoms with E-state index >= 15 is 0 Å². The minimum Gasteiger partial charge on any atom is -0.495 e. The van der Waals surface area contributed by atoms with E-state index in [9.17, 15) is 13.2 Å². The van der Waals surface area contributed by atoms with Gasteiger partial charge in [-0.3, -0.25) is 4.79 Å². The molecule has 0 aromatic heterocycles. The van der Waals surface area contributed by atoms with Crippen molar-refractivity contribution < 1.29 is 22.7 Å². The Hall–Kier alpha value is -2.49. The van der Waals surface area contributed by atoms with Crippen molar-refractivity contribution in [2.45, 2.75) is 24.7 Å². The molecule has 1 amide bonds. The Kier molecular flexibility index (Phi) is 8.09. The summed E-state index contributed by atoms with van der Waals surface area (Å²) in [6.07, 6.45) is 1.02. The molecule has 0 atom stereocenters. The molecule has 2 fully saturated rings. The number of benzene rings is 2. The first-order valence-corrected chi connectivity index (χ1v) is 13.8. The van der Waals surface area contributed by atoms with Gasteiger partial charge in [-0.15, -0.1) is 0 Å². The number of halogens is 1. The van der Waals surface area contributed by atoms with Crippen LogP contribution >= 0.6 is 11.6 Å². The molecule has 2 aromatic carbocycles. The van der Waals surface area contributed by atoms with Crippen LogP contribution in [0.25, 0.3) is 0 Å². The van der Waals surface area contributed by atoms with Gasteiger partial charge in [-0.2, -0.15) is 4.31 Å². The Bertz CT molecular complexity index is 1140. The lowest BCUT2D eigenvalue weighted by atomic mass is 9.96. The number of methoxy groups -OCH3 is 1. The zero-order chi connectivity index (χ0) is 25.0. The summed E-state index contributed by atoms with van der Waals surface area (Å²) in [5.41, 5.74) is 1.04. The van der Waals surface area contributed by atoms with E-state index in [2.05, 4.69) is 4.90 Å². The van der Waals surface area contributed by atoms with Crippen LogP contribution in [0.5, 0.6) is 11.5 Å². The van der Waals surface area contributed by atoms with Crippen molar-refractivity contribution in [2.75, 3.05) is 57.9 Å². The second-order valence-corrected chi connectivity index (χ2v) is 11.0. The number of para-hydroxylation sites is 2. The molecule has 0 spiro atoms. The first-order chi connectivity index (χ1) is 16.8. The van der Waals surface area contributed by atoms with Crippen molar-refractivity contribution in [3.05, 3.63) is 47.5 Å². The van der Waals surface area contributed by atoms with Gasteiger partial charge in [-0.1, -0.05) is 23.7 Å². The molecular weight excluding hydrogens is 490 g/mol. The third-order valence-electron chi connectivity index (χ3n) is 6.66. The van der Waals surface area contributed by atoms with E-state index in [0.717, 1.165) is 24.5 Å². The fourth-order valence-corrected chi connectivity index (χ4v) is 6.52. The molecule has 10 heteroatoms. The highest BCUT2D eigenvalue weighted by Gasteiger charge is 2.35. The number of piperazine rings is 1. The number of hydrogen-bond donors (Lipinski definition) is 0. The maximum atomic E-state index is 13.2. The van der Waals surface area contributed by atoms with Crippen LogP contribution in [0.15, 0.2) is 47.4 Å². The van der Waals surface area contributed by atoms with Gasteiger partial charge in [0, 0.05) is 45.2 Å². The van der Waals surface area contributed by atoms with E-state index in [4.69, 9.17) is 21.1 Å². The number of amides is 1. The van der Waals surface area contributed by atoms with Gasteiger partial charge >= 0.3 is 0 Å². The van der Waals surface area contributed by atoms with Gasteiger partial charge in [0.05, 0.1) is 29.3 Å². The summed E-state index contributed by atoms with van der Waals surface area (Å²) in [5, 5.41) is 0.269. The molecule has 0 radical (unpaired) electrons. The van der Waals surface area contributed by atoms with Gasteiger partial charge in [-0.05, 0) is 50.1 Å². The summed E-state index contributed by atoms with van der Waals surface area (Å²) in [6.45, 7) is 5.65. The van der Waals surface area contributed by atoms with E-state index in [0.29, 0.717) is 51.4 Å². The van der Waals surface area contributed by atoms with Crippen LogP contribution in [0.2, 0.25) is 5.02 Å². The number of carbonyl (C=O) groups excluding carboxylic acids is 1. The number of ether oxygens (including phenoxy) is 2. The predicted molar refractivity (Wildman–Crippen MR) is 136 cm³/mol. The normalized spacial score (nSPS) is 17.9. The zero-order valence-corrected chi connectivity index (χ0v) is 21.7. The summed E-state index contributed by atoms with van der Waals surface area (Å²) in [7, 11) is -2.02. The molecule has 2 saturated heterocycles. The monoisotopic (exact) mass is 521 g/mol. The molecule has 35 heavy (non-hydrogen) atoms. The van der Waals surface area contributed by atoms with E-state index in [1.165, 1.54) is 16.4 Å². The molecule has 2 aromatic rings. The second-order valence-electron chi connectivity index (χ2n) is 8.69. The van der Waals surface area contributed by atoms with Crippen molar-refractivity contribution >= 4 is 33.2 Å². The first-order valence-electron chi connectivity index (χ1n) is 11.9. The Labute approximate surface area is 212 Å². The van der Waals surface area contributed by atoms with Crippen molar-refractivity contribution in [3.63, 3.8) is 0 Å². The summed E-state index contributed by atoms with van der Waals surface area (Å²) >= 11 is 6.20. The number of nitrogens with zero attached hydrogens (tertiary/aromatic N) is 3. The third kappa shape index (κ3) is 5.52. The molecule has 190 valence electrons. The van der Waals surface area contributed by atoms with E-state index < -0.39 is 10.0 Å². The maximum absolute atomic E-state index is 13.2. The molecule has 4 rings (SSSR count). The predicted octanol–water partition coefficient (Wildman–Crippen LogP) is 3.50. The molecule has 0 aliphatic carbocycles. The molecule has 8 nitrogen and oxygen atoms in total. The minimum atomic E-state index is -3.68. The first kappa shape index (κ1) is 25.6. The smallest absolute Gasteiger partial charge is 0.243 e. The molecule has 0 N–H and O–H groups in total. The molecule has 2 aliphatic rings. The van der Waals surface area contributed by atoms with Crippen LogP contribution in [0.1, 0.15) is 19.8 Å². The van der Waals surface area contributed by atoms with E-state index in [-0.39, 0.29) is 21.7 Å². The van der Waals surface area contributed by atoms with E-state index in [1.54, 1.807) is 13.2 Å². The Morgan fingerprint density at radius 3 is 2.31 bits per heavy atom. The quantitative estimate of drug-likeness (QED) is 0.555. The highest BCUT2D eigenvalue weighted by Crippen LogP contribution is 2.32. The van der Waals surface area contributed by atoms with Crippen LogP contribution in [-0.4, -0.2) is 76.5 Å². The van der Waals surface area contributed by atoms with Gasteiger partial charge in [0.15, 0.2) is 0 Å². The number of hydrogen-bond acceptors (Lipinski definition) is 6. The molecule has 2 heterocycles. The number of piperidine rings is 1. The van der Waals surface area contributed by atoms with E-state index in [1.807, 2.05) is 36.1 Å². The molecule has 0 unspecified atom stereocenters. The minimum absolute atomic E-state index is 0.117. The fourth-order valence-electron chi connectivity index (χ4n) is 4.72. The van der Waals surface area contributed by atoms with Crippen LogP contribution in [0.3, 0.4) is 0 Å². The van der Waals surface area contributed by atoms with Crippen molar-refractivity contribution in [2.24, 2.45) is 5.92 Å². The van der Waals surface area contributed by atoms with Crippen LogP contribution in [0, 0.1) is 5.92 Å². The summed E-state index contributed by atoms with van der Waals surface area (Å²) in [4.78, 5) is 17.5. The van der Waals surface area contributed by atoms with Gasteiger partial charge < -0.3 is 19.3 Å². The summed E-state index contributed by atoms with van der Waals surface area (Å²) in [6, 6.07) is 12.4. The standard InChI is InChI=1S/C25H32ClN3O5S/c1-3-34-23-9-8-20(18-21(23)26)35(31,32)29-12-10-19(11-13-29)25(30)28-16-14-27(15-17-28)22-6-4-5-7-24(22)33-2/h4-9,18-19H,3,10-17H2,1-2H3. The van der Waals surface area contributed by atoms with Gasteiger partial charge in [0.25, 0.3) is 0 Å². The Morgan fingerprint density at radius 2 is 1.69 bits per heavy atom. The van der Waals surface area contributed by atoms with Crippen molar-refractivity contribution in [1.82, 2.24) is 9.21 Å². The largest absolute Gasteiger partial charge is 0.495 e. The Morgan fingerprint density at radius 1 is 1.00 bits per heavy atom. The SMILES string of the molecule is CCOc1ccc(S(=O)(=O)N2CCC(C(=O)N3CCN(c4ccccc4OC)CC3)CC2)cc1Cl. The number of anilines is 1. The number of carbonyl (C=O) groups is 1. The van der Waals surface area contributed by atoms with Crippen LogP contribution in [-0.2, 0) is 14.8 Å². The third-order valence-corrected chi connectivity index (χ3v) is 8.85. The lowest BCUT2D eigenvalue weighted by molar-refractivity contribution is -0.137. The molecular formula is C25H32ClN3O5S.